The summed E-state index contributed by atoms with van der Waals surface area (Å²) in [5, 5.41) is 9.14. The van der Waals surface area contributed by atoms with Crippen molar-refractivity contribution in [1.29, 1.82) is 0 Å². The minimum Gasteiger partial charge on any atom is -0.395 e. The van der Waals surface area contributed by atoms with Crippen LogP contribution in [0.25, 0.3) is 5.57 Å². The number of carbonyl (C=O) groups is 2. The lowest BCUT2D eigenvalue weighted by Crippen LogP contribution is -2.48. The number of aliphatic hydroxyl groups excluding tert-OH is 1. The van der Waals surface area contributed by atoms with E-state index in [0.29, 0.717) is 30.9 Å². The smallest absolute Gasteiger partial charge is 0.278 e. The Balaban J connectivity index is 2.01. The Morgan fingerprint density at radius 3 is 2.22 bits per heavy atom. The van der Waals surface area contributed by atoms with E-state index in [1.165, 1.54) is 4.90 Å². The molecular weight excluding hydrogens is 342 g/mol. The molecule has 6 nitrogen and oxygen atoms in total. The van der Waals surface area contributed by atoms with Gasteiger partial charge in [-0.05, 0) is 44.4 Å². The molecule has 0 spiro atoms. The van der Waals surface area contributed by atoms with Crippen LogP contribution in [0.15, 0.2) is 23.9 Å². The summed E-state index contributed by atoms with van der Waals surface area (Å²) in [7, 11) is 0. The predicted molar refractivity (Wildman–Crippen MR) is 105 cm³/mol. The zero-order valence-electron chi connectivity index (χ0n) is 16.7. The Hall–Kier alpha value is -2.18. The lowest BCUT2D eigenvalue weighted by atomic mass is 9.99. The third-order valence-corrected chi connectivity index (χ3v) is 5.51. The van der Waals surface area contributed by atoms with E-state index < -0.39 is 0 Å². The zero-order chi connectivity index (χ0) is 19.7. The maximum atomic E-state index is 13.2. The van der Waals surface area contributed by atoms with Crippen LogP contribution in [-0.2, 0) is 9.59 Å². The second-order valence-electron chi connectivity index (χ2n) is 7.65. The Bertz CT molecular complexity index is 777. The normalized spacial score (nSPS) is 19.0. The van der Waals surface area contributed by atoms with Crippen molar-refractivity contribution >= 4 is 17.4 Å². The number of aryl methyl sites for hydroxylation is 2. The lowest BCUT2D eigenvalue weighted by molar-refractivity contribution is -0.139. The van der Waals surface area contributed by atoms with Crippen molar-refractivity contribution in [1.82, 2.24) is 14.7 Å². The number of amides is 2. The highest BCUT2D eigenvalue weighted by molar-refractivity contribution is 6.35. The van der Waals surface area contributed by atoms with Crippen LogP contribution < -0.4 is 0 Å². The number of imide groups is 1. The number of hydrogen-bond acceptors (Lipinski definition) is 5. The van der Waals surface area contributed by atoms with Crippen molar-refractivity contribution < 1.29 is 14.7 Å². The average molecular weight is 371 g/mol. The first-order chi connectivity index (χ1) is 12.8. The summed E-state index contributed by atoms with van der Waals surface area (Å²) >= 11 is 0. The van der Waals surface area contributed by atoms with Gasteiger partial charge in [0.05, 0.1) is 12.2 Å². The molecule has 0 aromatic heterocycles. The minimum atomic E-state index is -0.203. The van der Waals surface area contributed by atoms with Gasteiger partial charge in [0.2, 0.25) is 0 Å². The van der Waals surface area contributed by atoms with Crippen LogP contribution in [0.2, 0.25) is 0 Å². The maximum Gasteiger partial charge on any atom is 0.278 e. The van der Waals surface area contributed by atoms with Crippen molar-refractivity contribution in [2.24, 2.45) is 0 Å². The quantitative estimate of drug-likeness (QED) is 0.793. The standard InChI is InChI=1S/C21H29N3O3/c1-14(2)24-20(26)18(17-6-5-15(3)16(4)13-17)19(21(24)27)23-9-7-22(8-10-23)11-12-25/h5-6,13-14,25H,7-12H2,1-4H3. The summed E-state index contributed by atoms with van der Waals surface area (Å²) in [5.41, 5.74) is 4.13. The van der Waals surface area contributed by atoms with Crippen LogP contribution in [0, 0.1) is 13.8 Å². The minimum absolute atomic E-state index is 0.134. The zero-order valence-corrected chi connectivity index (χ0v) is 16.7. The van der Waals surface area contributed by atoms with Crippen molar-refractivity contribution in [3.8, 4) is 0 Å². The first kappa shape index (κ1) is 19.6. The number of carbonyl (C=O) groups excluding carboxylic acids is 2. The highest BCUT2D eigenvalue weighted by atomic mass is 16.3. The van der Waals surface area contributed by atoms with Gasteiger partial charge < -0.3 is 10.0 Å². The molecule has 146 valence electrons. The number of hydrogen-bond donors (Lipinski definition) is 1. The average Bonchev–Trinajstić information content (AvgIpc) is 2.89. The maximum absolute atomic E-state index is 13.2. The molecule has 1 aromatic carbocycles. The summed E-state index contributed by atoms with van der Waals surface area (Å²) in [6, 6.07) is 5.76. The van der Waals surface area contributed by atoms with Gasteiger partial charge >= 0.3 is 0 Å². The van der Waals surface area contributed by atoms with E-state index in [1.807, 2.05) is 50.8 Å². The summed E-state index contributed by atoms with van der Waals surface area (Å²) in [4.78, 5) is 31.9. The molecule has 1 saturated heterocycles. The van der Waals surface area contributed by atoms with Crippen LogP contribution in [0.3, 0.4) is 0 Å². The molecule has 0 bridgehead atoms. The first-order valence-electron chi connectivity index (χ1n) is 9.63. The molecule has 2 aliphatic rings. The lowest BCUT2D eigenvalue weighted by Gasteiger charge is -2.36. The molecule has 2 amide bonds. The monoisotopic (exact) mass is 371 g/mol. The molecule has 1 aromatic rings. The van der Waals surface area contributed by atoms with Crippen molar-refractivity contribution in [2.45, 2.75) is 33.7 Å². The van der Waals surface area contributed by atoms with Gasteiger partial charge in [-0.1, -0.05) is 18.2 Å². The molecule has 0 atom stereocenters. The van der Waals surface area contributed by atoms with Crippen LogP contribution >= 0.6 is 0 Å². The number of aliphatic hydroxyl groups is 1. The molecule has 1 fully saturated rings. The fourth-order valence-corrected chi connectivity index (χ4v) is 3.79. The van der Waals surface area contributed by atoms with Gasteiger partial charge in [0.25, 0.3) is 11.8 Å². The number of benzene rings is 1. The highest BCUT2D eigenvalue weighted by Gasteiger charge is 2.43. The van der Waals surface area contributed by atoms with Crippen LogP contribution in [-0.4, -0.2) is 77.0 Å². The summed E-state index contributed by atoms with van der Waals surface area (Å²) in [6.07, 6.45) is 0. The van der Waals surface area contributed by atoms with Gasteiger partial charge in [0, 0.05) is 38.8 Å². The Labute approximate surface area is 161 Å². The second-order valence-corrected chi connectivity index (χ2v) is 7.65. The molecule has 6 heteroatoms. The van der Waals surface area contributed by atoms with Crippen molar-refractivity contribution in [3.05, 3.63) is 40.6 Å². The van der Waals surface area contributed by atoms with Crippen LogP contribution in [0.5, 0.6) is 0 Å². The molecule has 0 saturated carbocycles. The summed E-state index contributed by atoms with van der Waals surface area (Å²) < 4.78 is 0. The van der Waals surface area contributed by atoms with E-state index in [2.05, 4.69) is 4.90 Å². The van der Waals surface area contributed by atoms with Crippen molar-refractivity contribution in [3.63, 3.8) is 0 Å². The summed E-state index contributed by atoms with van der Waals surface area (Å²) in [6.45, 7) is 11.5. The van der Waals surface area contributed by atoms with Gasteiger partial charge in [-0.3, -0.25) is 19.4 Å². The fraction of sp³-hybridized carbons (Fsp3) is 0.524. The van der Waals surface area contributed by atoms with Gasteiger partial charge in [-0.25, -0.2) is 0 Å². The molecule has 2 heterocycles. The van der Waals surface area contributed by atoms with Gasteiger partial charge in [0.15, 0.2) is 0 Å². The van der Waals surface area contributed by atoms with Crippen molar-refractivity contribution in [2.75, 3.05) is 39.3 Å². The number of β-amino-alcohol motifs (C(OH)–C–C–N with tert-alkyl or cyclic N) is 1. The second kappa shape index (κ2) is 7.82. The van der Waals surface area contributed by atoms with E-state index in [0.717, 1.165) is 29.8 Å². The molecule has 0 unspecified atom stereocenters. The molecule has 3 rings (SSSR count). The number of piperazine rings is 1. The third kappa shape index (κ3) is 3.64. The predicted octanol–water partition coefficient (Wildman–Crippen LogP) is 1.40. The topological polar surface area (TPSA) is 64.1 Å². The Kier molecular flexibility index (Phi) is 5.67. The van der Waals surface area contributed by atoms with Gasteiger partial charge in [-0.15, -0.1) is 0 Å². The van der Waals surface area contributed by atoms with E-state index in [1.54, 1.807) is 0 Å². The summed E-state index contributed by atoms with van der Waals surface area (Å²) in [5.74, 6) is -0.398. The fourth-order valence-electron chi connectivity index (χ4n) is 3.79. The molecule has 0 radical (unpaired) electrons. The number of rotatable bonds is 5. The van der Waals surface area contributed by atoms with Gasteiger partial charge in [0.1, 0.15) is 5.70 Å². The Morgan fingerprint density at radius 1 is 1.00 bits per heavy atom. The highest BCUT2D eigenvalue weighted by Crippen LogP contribution is 2.34. The molecule has 1 N–H and O–H groups in total. The van der Waals surface area contributed by atoms with Crippen LogP contribution in [0.1, 0.15) is 30.5 Å². The molecule has 27 heavy (non-hydrogen) atoms. The van der Waals surface area contributed by atoms with E-state index in [4.69, 9.17) is 5.11 Å². The van der Waals surface area contributed by atoms with E-state index in [-0.39, 0.29) is 24.5 Å². The third-order valence-electron chi connectivity index (χ3n) is 5.51. The first-order valence-corrected chi connectivity index (χ1v) is 9.63. The molecule has 2 aliphatic heterocycles. The SMILES string of the molecule is Cc1ccc(C2=C(N3CCN(CCO)CC3)C(=O)N(C(C)C)C2=O)cc1C. The molecule has 0 aliphatic carbocycles. The molecular formula is C21H29N3O3. The van der Waals surface area contributed by atoms with Crippen LogP contribution in [0.4, 0.5) is 0 Å². The van der Waals surface area contributed by atoms with E-state index >= 15 is 0 Å². The van der Waals surface area contributed by atoms with Gasteiger partial charge in [-0.2, -0.15) is 0 Å². The largest absolute Gasteiger partial charge is 0.395 e. The van der Waals surface area contributed by atoms with E-state index in [9.17, 15) is 9.59 Å². The Morgan fingerprint density at radius 2 is 1.67 bits per heavy atom. The number of nitrogens with zero attached hydrogens (tertiary/aromatic N) is 3.